The van der Waals surface area contributed by atoms with Gasteiger partial charge in [0.2, 0.25) is 5.91 Å². The first-order valence-corrected chi connectivity index (χ1v) is 11.0. The number of aliphatic imine (C=N–C) groups is 1. The van der Waals surface area contributed by atoms with E-state index in [2.05, 4.69) is 33.0 Å². The van der Waals surface area contributed by atoms with Crippen molar-refractivity contribution in [2.75, 3.05) is 26.2 Å². The van der Waals surface area contributed by atoms with Crippen molar-refractivity contribution in [3.63, 3.8) is 0 Å². The molecule has 0 spiro atoms. The number of carbonyl (C=O) groups is 1. The summed E-state index contributed by atoms with van der Waals surface area (Å²) in [5.74, 6) is 2.42. The summed E-state index contributed by atoms with van der Waals surface area (Å²) in [4.78, 5) is 20.4. The Morgan fingerprint density at radius 2 is 2.03 bits per heavy atom. The summed E-state index contributed by atoms with van der Waals surface area (Å²) >= 11 is 1.78. The molecule has 2 N–H and O–H groups in total. The number of rotatable bonds is 9. The molecule has 0 radical (unpaired) electrons. The molecule has 3 heterocycles. The highest BCUT2D eigenvalue weighted by Gasteiger charge is 2.39. The van der Waals surface area contributed by atoms with Crippen molar-refractivity contribution in [1.29, 1.82) is 0 Å². The zero-order chi connectivity index (χ0) is 19.2. The van der Waals surface area contributed by atoms with Crippen molar-refractivity contribution in [3.8, 4) is 0 Å². The lowest BCUT2D eigenvalue weighted by molar-refractivity contribution is -0.128. The molecule has 29 heavy (non-hydrogen) atoms. The van der Waals surface area contributed by atoms with Crippen molar-refractivity contribution in [2.24, 2.45) is 10.9 Å². The number of hydrogen-bond acceptors (Lipinski definition) is 4. The third-order valence-electron chi connectivity index (χ3n) is 5.22. The Morgan fingerprint density at radius 3 is 2.72 bits per heavy atom. The summed E-state index contributed by atoms with van der Waals surface area (Å²) in [6.07, 6.45) is 6.47. The number of hydrogen-bond donors (Lipinski definition) is 2. The van der Waals surface area contributed by atoms with Crippen LogP contribution in [0.2, 0.25) is 0 Å². The largest absolute Gasteiger partial charge is 0.469 e. The van der Waals surface area contributed by atoms with Crippen LogP contribution in [0.25, 0.3) is 0 Å². The molecule has 8 heteroatoms. The van der Waals surface area contributed by atoms with Gasteiger partial charge in [-0.05, 0) is 42.8 Å². The predicted molar refractivity (Wildman–Crippen MR) is 127 cm³/mol. The van der Waals surface area contributed by atoms with Crippen molar-refractivity contribution < 1.29 is 9.21 Å². The van der Waals surface area contributed by atoms with E-state index in [1.165, 1.54) is 17.7 Å². The molecule has 158 valence electrons. The third-order valence-corrected chi connectivity index (χ3v) is 6.16. The quantitative estimate of drug-likeness (QED) is 0.298. The number of thiophene rings is 1. The summed E-state index contributed by atoms with van der Waals surface area (Å²) < 4.78 is 5.40. The second kappa shape index (κ2) is 11.0. The fourth-order valence-corrected chi connectivity index (χ4v) is 4.29. The highest BCUT2D eigenvalue weighted by Crippen LogP contribution is 2.32. The lowest BCUT2D eigenvalue weighted by atomic mass is 10.1. The van der Waals surface area contributed by atoms with Crippen LogP contribution in [-0.2, 0) is 17.6 Å². The number of halogens is 1. The fourth-order valence-electron chi connectivity index (χ4n) is 3.58. The van der Waals surface area contributed by atoms with Gasteiger partial charge in [0.1, 0.15) is 5.76 Å². The summed E-state index contributed by atoms with van der Waals surface area (Å²) in [7, 11) is 0. The Kier molecular flexibility index (Phi) is 8.40. The van der Waals surface area contributed by atoms with Gasteiger partial charge in [0, 0.05) is 55.9 Å². The number of nitrogens with one attached hydrogen (secondary N) is 2. The van der Waals surface area contributed by atoms with E-state index in [9.17, 15) is 4.79 Å². The van der Waals surface area contributed by atoms with Crippen molar-refractivity contribution in [2.45, 2.75) is 38.1 Å². The first kappa shape index (κ1) is 22.1. The number of nitrogens with zero attached hydrogens (tertiary/aromatic N) is 2. The molecule has 2 aromatic heterocycles. The average Bonchev–Trinajstić information content (AvgIpc) is 3.09. The van der Waals surface area contributed by atoms with Crippen molar-refractivity contribution >= 4 is 47.2 Å². The molecule has 1 aliphatic heterocycles. The molecule has 1 saturated carbocycles. The van der Waals surface area contributed by atoms with Crippen LogP contribution in [0.15, 0.2) is 45.3 Å². The van der Waals surface area contributed by atoms with E-state index in [-0.39, 0.29) is 24.0 Å². The van der Waals surface area contributed by atoms with Gasteiger partial charge in [-0.15, -0.1) is 35.3 Å². The number of carbonyl (C=O) groups excluding carboxylic acids is 1. The molecule has 1 aliphatic carbocycles. The Balaban J connectivity index is 0.00000240. The van der Waals surface area contributed by atoms with Crippen LogP contribution < -0.4 is 10.6 Å². The minimum atomic E-state index is 0. The van der Waals surface area contributed by atoms with E-state index in [1.54, 1.807) is 17.6 Å². The van der Waals surface area contributed by atoms with Gasteiger partial charge in [0.25, 0.3) is 0 Å². The van der Waals surface area contributed by atoms with Crippen LogP contribution in [0.4, 0.5) is 0 Å². The first-order chi connectivity index (χ1) is 13.8. The highest BCUT2D eigenvalue weighted by molar-refractivity contribution is 14.0. The molecule has 1 atom stereocenters. The van der Waals surface area contributed by atoms with E-state index >= 15 is 0 Å². The number of likely N-dealkylation sites (tertiary alicyclic amines) is 1. The molecule has 0 bridgehead atoms. The smallest absolute Gasteiger partial charge is 0.223 e. The minimum Gasteiger partial charge on any atom is -0.469 e. The second-order valence-electron chi connectivity index (χ2n) is 7.55. The van der Waals surface area contributed by atoms with E-state index in [0.717, 1.165) is 44.2 Å². The van der Waals surface area contributed by atoms with Gasteiger partial charge in [0.05, 0.1) is 6.26 Å². The number of amides is 1. The van der Waals surface area contributed by atoms with Gasteiger partial charge in [-0.1, -0.05) is 6.07 Å². The Hall–Kier alpha value is -1.55. The molecule has 0 aromatic carbocycles. The maximum atomic E-state index is 12.2. The van der Waals surface area contributed by atoms with Crippen molar-refractivity contribution in [1.82, 2.24) is 15.5 Å². The minimum absolute atomic E-state index is 0. The molecule has 2 aliphatic rings. The van der Waals surface area contributed by atoms with Gasteiger partial charge in [-0.25, -0.2) is 0 Å². The number of guanidine groups is 1. The SMILES string of the molecule is I.O=C1CC(CN=C(NCCc2ccco2)NCCc2cccs2)CN1C1CC1. The highest BCUT2D eigenvalue weighted by atomic mass is 127. The van der Waals surface area contributed by atoms with E-state index < -0.39 is 0 Å². The molecule has 2 fully saturated rings. The molecule has 1 amide bonds. The molecule has 2 aromatic rings. The standard InChI is InChI=1S/C21H28N4O2S.HI/c26-20-13-16(15-25(20)17-5-6-17)14-24-21(22-9-7-18-3-1-11-27-18)23-10-8-19-4-2-12-28-19;/h1-4,11-12,16-17H,5-10,13-15H2,(H2,22,23,24);1H. The van der Waals surface area contributed by atoms with Crippen molar-refractivity contribution in [3.05, 3.63) is 46.5 Å². The van der Waals surface area contributed by atoms with Crippen LogP contribution >= 0.6 is 35.3 Å². The molecular formula is C21H29IN4O2S. The van der Waals surface area contributed by atoms with Gasteiger partial charge >= 0.3 is 0 Å². The van der Waals surface area contributed by atoms with E-state index in [0.29, 0.717) is 30.8 Å². The molecule has 1 saturated heterocycles. The summed E-state index contributed by atoms with van der Waals surface area (Å²) in [5, 5.41) is 8.95. The molecule has 1 unspecified atom stereocenters. The lowest BCUT2D eigenvalue weighted by Gasteiger charge is -2.15. The fraction of sp³-hybridized carbons (Fsp3) is 0.524. The van der Waals surface area contributed by atoms with Gasteiger partial charge in [-0.3, -0.25) is 9.79 Å². The summed E-state index contributed by atoms with van der Waals surface area (Å²) in [6.45, 7) is 3.15. The van der Waals surface area contributed by atoms with Crippen LogP contribution in [0.5, 0.6) is 0 Å². The first-order valence-electron chi connectivity index (χ1n) is 10.1. The van der Waals surface area contributed by atoms with Crippen LogP contribution in [-0.4, -0.2) is 49.0 Å². The third kappa shape index (κ3) is 6.74. The molecule has 6 nitrogen and oxygen atoms in total. The van der Waals surface area contributed by atoms with E-state index in [1.807, 2.05) is 12.1 Å². The maximum Gasteiger partial charge on any atom is 0.223 e. The normalized spacial score (nSPS) is 19.3. The number of furan rings is 1. The zero-order valence-corrected chi connectivity index (χ0v) is 19.7. The Morgan fingerprint density at radius 1 is 1.21 bits per heavy atom. The predicted octanol–water partition coefficient (Wildman–Crippen LogP) is 3.29. The second-order valence-corrected chi connectivity index (χ2v) is 8.58. The lowest BCUT2D eigenvalue weighted by Crippen LogP contribution is -2.39. The molecule has 4 rings (SSSR count). The monoisotopic (exact) mass is 528 g/mol. The van der Waals surface area contributed by atoms with Crippen LogP contribution in [0.3, 0.4) is 0 Å². The summed E-state index contributed by atoms with van der Waals surface area (Å²) in [5.41, 5.74) is 0. The van der Waals surface area contributed by atoms with Gasteiger partial charge in [0.15, 0.2) is 5.96 Å². The van der Waals surface area contributed by atoms with Gasteiger partial charge < -0.3 is 20.0 Å². The van der Waals surface area contributed by atoms with E-state index in [4.69, 9.17) is 9.41 Å². The maximum absolute atomic E-state index is 12.2. The van der Waals surface area contributed by atoms with Crippen LogP contribution in [0, 0.1) is 5.92 Å². The van der Waals surface area contributed by atoms with Crippen LogP contribution in [0.1, 0.15) is 29.9 Å². The summed E-state index contributed by atoms with van der Waals surface area (Å²) in [6, 6.07) is 8.64. The Labute approximate surface area is 193 Å². The van der Waals surface area contributed by atoms with Gasteiger partial charge in [-0.2, -0.15) is 0 Å². The Bertz CT molecular complexity index is 732. The average molecular weight is 528 g/mol. The molecular weight excluding hydrogens is 499 g/mol. The topological polar surface area (TPSA) is 69.9 Å². The zero-order valence-electron chi connectivity index (χ0n) is 16.5.